The Bertz CT molecular complexity index is 1040. The summed E-state index contributed by atoms with van der Waals surface area (Å²) < 4.78 is 41.6. The fraction of sp³-hybridized carbons (Fsp3) is 0.375. The highest BCUT2D eigenvalue weighted by Gasteiger charge is 2.35. The fourth-order valence-corrected chi connectivity index (χ4v) is 3.01. The van der Waals surface area contributed by atoms with Gasteiger partial charge in [-0.25, -0.2) is 9.50 Å². The Balaban J connectivity index is 1.67. The molecule has 3 aromatic rings. The van der Waals surface area contributed by atoms with Crippen LogP contribution in [0.25, 0.3) is 5.65 Å². The molecular formula is C16H15Cl2F3N6O. The van der Waals surface area contributed by atoms with Crippen LogP contribution in [-0.4, -0.2) is 36.8 Å². The fourth-order valence-electron chi connectivity index (χ4n) is 2.61. The molecule has 0 aromatic carbocycles. The summed E-state index contributed by atoms with van der Waals surface area (Å²) in [5.74, 6) is -0.600. The molecule has 3 rings (SSSR count). The third-order valence-electron chi connectivity index (χ3n) is 3.91. The highest BCUT2D eigenvalue weighted by Crippen LogP contribution is 2.30. The number of hydrogen-bond acceptors (Lipinski definition) is 4. The van der Waals surface area contributed by atoms with Crippen LogP contribution in [0, 0.1) is 13.8 Å². The normalized spacial score (nSPS) is 12.0. The predicted molar refractivity (Wildman–Crippen MR) is 96.7 cm³/mol. The molecule has 0 atom stereocenters. The number of carbonyl (C=O) groups excluding carboxylic acids is 1. The number of nitrogens with one attached hydrogen (secondary N) is 1. The summed E-state index contributed by atoms with van der Waals surface area (Å²) in [6.45, 7) is 3.83. The maximum absolute atomic E-state index is 13.2. The summed E-state index contributed by atoms with van der Waals surface area (Å²) in [6, 6.07) is 2.09. The number of fused-ring (bicyclic) bond motifs is 1. The van der Waals surface area contributed by atoms with Gasteiger partial charge in [-0.3, -0.25) is 9.48 Å². The lowest BCUT2D eigenvalue weighted by Gasteiger charge is -2.09. The van der Waals surface area contributed by atoms with Crippen LogP contribution < -0.4 is 5.32 Å². The standard InChI is InChI=1S/C16H15Cl2F3N6O/c1-8-6-11(16(19,20)21)27-12(23-8)7-10(25-27)15(28)22-4-3-5-26-14(18)13(17)9(2)24-26/h6-7H,3-5H2,1-2H3,(H,22,28). The van der Waals surface area contributed by atoms with Crippen molar-refractivity contribution in [3.05, 3.63) is 45.1 Å². The summed E-state index contributed by atoms with van der Waals surface area (Å²) in [7, 11) is 0. The van der Waals surface area contributed by atoms with Crippen molar-refractivity contribution in [1.29, 1.82) is 0 Å². The zero-order valence-electron chi connectivity index (χ0n) is 14.8. The van der Waals surface area contributed by atoms with Gasteiger partial charge in [0.05, 0.1) is 5.69 Å². The number of halogens is 5. The van der Waals surface area contributed by atoms with Crippen molar-refractivity contribution >= 4 is 34.8 Å². The van der Waals surface area contributed by atoms with Gasteiger partial charge in [-0.05, 0) is 26.3 Å². The molecule has 1 N–H and O–H groups in total. The Labute approximate surface area is 167 Å². The van der Waals surface area contributed by atoms with Crippen LogP contribution in [0.3, 0.4) is 0 Å². The lowest BCUT2D eigenvalue weighted by atomic mass is 10.3. The van der Waals surface area contributed by atoms with E-state index in [4.69, 9.17) is 23.2 Å². The maximum atomic E-state index is 13.2. The van der Waals surface area contributed by atoms with Gasteiger partial charge in [-0.1, -0.05) is 23.2 Å². The Morgan fingerprint density at radius 2 is 1.93 bits per heavy atom. The molecule has 0 radical (unpaired) electrons. The van der Waals surface area contributed by atoms with Gasteiger partial charge in [0.1, 0.15) is 15.9 Å². The number of rotatable bonds is 5. The number of hydrogen-bond donors (Lipinski definition) is 1. The van der Waals surface area contributed by atoms with E-state index in [0.29, 0.717) is 33.4 Å². The van der Waals surface area contributed by atoms with Crippen LogP contribution in [0.4, 0.5) is 13.2 Å². The topological polar surface area (TPSA) is 77.1 Å². The molecule has 3 aromatic heterocycles. The minimum absolute atomic E-state index is 0.0501. The van der Waals surface area contributed by atoms with E-state index in [9.17, 15) is 18.0 Å². The quantitative estimate of drug-likeness (QED) is 0.621. The molecule has 0 saturated carbocycles. The Morgan fingerprint density at radius 1 is 1.21 bits per heavy atom. The molecule has 3 heterocycles. The Morgan fingerprint density at radius 3 is 2.54 bits per heavy atom. The Hall–Kier alpha value is -2.33. The Kier molecular flexibility index (Phi) is 5.53. The zero-order chi connectivity index (χ0) is 20.6. The van der Waals surface area contributed by atoms with Gasteiger partial charge < -0.3 is 5.32 Å². The second-order valence-electron chi connectivity index (χ2n) is 6.10. The molecule has 0 aliphatic carbocycles. The molecule has 0 aliphatic rings. The van der Waals surface area contributed by atoms with Gasteiger partial charge >= 0.3 is 6.18 Å². The van der Waals surface area contributed by atoms with Gasteiger partial charge in [0.15, 0.2) is 11.3 Å². The van der Waals surface area contributed by atoms with Crippen LogP contribution in [0.5, 0.6) is 0 Å². The van der Waals surface area contributed by atoms with E-state index in [0.717, 1.165) is 6.07 Å². The second kappa shape index (κ2) is 7.59. The third kappa shape index (κ3) is 4.07. The van der Waals surface area contributed by atoms with Crippen molar-refractivity contribution in [2.45, 2.75) is 33.0 Å². The first-order valence-electron chi connectivity index (χ1n) is 8.19. The van der Waals surface area contributed by atoms with Crippen molar-refractivity contribution in [1.82, 2.24) is 29.7 Å². The van der Waals surface area contributed by atoms with E-state index in [1.165, 1.54) is 17.7 Å². The monoisotopic (exact) mass is 434 g/mol. The molecule has 7 nitrogen and oxygen atoms in total. The molecule has 0 unspecified atom stereocenters. The van der Waals surface area contributed by atoms with E-state index in [-0.39, 0.29) is 23.6 Å². The van der Waals surface area contributed by atoms with Gasteiger partial charge in [0.2, 0.25) is 0 Å². The maximum Gasteiger partial charge on any atom is 0.433 e. The van der Waals surface area contributed by atoms with Crippen LogP contribution >= 0.6 is 23.2 Å². The predicted octanol–water partition coefficient (Wildman–Crippen LogP) is 3.69. The lowest BCUT2D eigenvalue weighted by molar-refractivity contribution is -0.142. The number of nitrogens with zero attached hydrogens (tertiary/aromatic N) is 5. The summed E-state index contributed by atoms with van der Waals surface area (Å²) in [6.07, 6.45) is -4.13. The lowest BCUT2D eigenvalue weighted by Crippen LogP contribution is -2.26. The van der Waals surface area contributed by atoms with E-state index in [2.05, 4.69) is 20.5 Å². The highest BCUT2D eigenvalue weighted by molar-refractivity contribution is 6.41. The zero-order valence-corrected chi connectivity index (χ0v) is 16.3. The molecule has 0 spiro atoms. The SMILES string of the molecule is Cc1cc(C(F)(F)F)n2nc(C(=O)NCCCn3nc(C)c(Cl)c3Cl)cc2n1. The number of alkyl halides is 3. The molecule has 150 valence electrons. The van der Waals surface area contributed by atoms with Crippen molar-refractivity contribution in [2.24, 2.45) is 0 Å². The van der Waals surface area contributed by atoms with E-state index >= 15 is 0 Å². The van der Waals surface area contributed by atoms with E-state index in [1.807, 2.05) is 0 Å². The summed E-state index contributed by atoms with van der Waals surface area (Å²) in [5, 5.41) is 11.2. The van der Waals surface area contributed by atoms with Gasteiger partial charge in [0, 0.05) is 24.8 Å². The first-order valence-corrected chi connectivity index (χ1v) is 8.94. The molecule has 12 heteroatoms. The summed E-state index contributed by atoms with van der Waals surface area (Å²) in [4.78, 5) is 16.2. The van der Waals surface area contributed by atoms with Crippen molar-refractivity contribution in [3.63, 3.8) is 0 Å². The van der Waals surface area contributed by atoms with E-state index < -0.39 is 17.8 Å². The number of amides is 1. The minimum Gasteiger partial charge on any atom is -0.351 e. The molecule has 0 bridgehead atoms. The molecule has 28 heavy (non-hydrogen) atoms. The van der Waals surface area contributed by atoms with Crippen molar-refractivity contribution in [2.75, 3.05) is 6.54 Å². The smallest absolute Gasteiger partial charge is 0.351 e. The summed E-state index contributed by atoms with van der Waals surface area (Å²) >= 11 is 12.0. The van der Waals surface area contributed by atoms with Crippen molar-refractivity contribution in [3.8, 4) is 0 Å². The van der Waals surface area contributed by atoms with Gasteiger partial charge in [0.25, 0.3) is 5.91 Å². The third-order valence-corrected chi connectivity index (χ3v) is 4.84. The minimum atomic E-state index is -4.62. The first kappa shape index (κ1) is 20.4. The number of carbonyl (C=O) groups is 1. The molecule has 1 amide bonds. The van der Waals surface area contributed by atoms with Crippen LogP contribution in [-0.2, 0) is 12.7 Å². The van der Waals surface area contributed by atoms with Crippen molar-refractivity contribution < 1.29 is 18.0 Å². The van der Waals surface area contributed by atoms with Gasteiger partial charge in [-0.15, -0.1) is 0 Å². The molecule has 0 fully saturated rings. The molecule has 0 saturated heterocycles. The summed E-state index contributed by atoms with van der Waals surface area (Å²) in [5.41, 5.74) is -0.416. The number of aryl methyl sites for hydroxylation is 3. The average molecular weight is 435 g/mol. The second-order valence-corrected chi connectivity index (χ2v) is 6.84. The molecule has 0 aliphatic heterocycles. The average Bonchev–Trinajstić information content (AvgIpc) is 3.13. The largest absolute Gasteiger partial charge is 0.433 e. The van der Waals surface area contributed by atoms with Crippen LogP contribution in [0.1, 0.15) is 34.0 Å². The van der Waals surface area contributed by atoms with Crippen LogP contribution in [0.2, 0.25) is 10.2 Å². The highest BCUT2D eigenvalue weighted by atomic mass is 35.5. The first-order chi connectivity index (χ1) is 13.1. The van der Waals surface area contributed by atoms with Gasteiger partial charge in [-0.2, -0.15) is 23.4 Å². The van der Waals surface area contributed by atoms with Crippen LogP contribution in [0.15, 0.2) is 12.1 Å². The molecular weight excluding hydrogens is 420 g/mol. The number of aromatic nitrogens is 5. The van der Waals surface area contributed by atoms with E-state index in [1.54, 1.807) is 6.92 Å².